The van der Waals surface area contributed by atoms with Crippen molar-refractivity contribution >= 4 is 15.5 Å². The van der Waals surface area contributed by atoms with Gasteiger partial charge in [0.05, 0.1) is 11.5 Å². The summed E-state index contributed by atoms with van der Waals surface area (Å²) in [5.74, 6) is 0. The van der Waals surface area contributed by atoms with Gasteiger partial charge in [-0.2, -0.15) is 0 Å². The van der Waals surface area contributed by atoms with Crippen LogP contribution < -0.4 is 5.73 Å². The smallest absolute Gasteiger partial charge is 0.175 e. The van der Waals surface area contributed by atoms with E-state index in [9.17, 15) is 8.42 Å². The first kappa shape index (κ1) is 10.0. The van der Waals surface area contributed by atoms with Gasteiger partial charge in [0.1, 0.15) is 0 Å². The highest BCUT2D eigenvalue weighted by Crippen LogP contribution is 2.17. The Bertz CT molecular complexity index is 411. The molecular weight excluding hydrogens is 190 g/mol. The van der Waals surface area contributed by atoms with E-state index in [0.717, 1.165) is 6.26 Å². The van der Waals surface area contributed by atoms with Gasteiger partial charge in [-0.15, -0.1) is 0 Å². The van der Waals surface area contributed by atoms with E-state index in [1.54, 1.807) is 0 Å². The Hall–Kier alpha value is -1.07. The molecule has 4 nitrogen and oxygen atoms in total. The molecule has 0 fully saturated rings. The molecule has 5 heteroatoms. The van der Waals surface area contributed by atoms with Gasteiger partial charge in [0, 0.05) is 17.5 Å². The maximum Gasteiger partial charge on any atom is 0.175 e. The Morgan fingerprint density at radius 2 is 2.08 bits per heavy atom. The fraction of sp³-hybridized carbons (Fsp3) is 0.250. The summed E-state index contributed by atoms with van der Waals surface area (Å²) in [6.07, 6.45) is 1.11. The van der Waals surface area contributed by atoms with Gasteiger partial charge in [-0.05, 0) is 18.2 Å². The maximum absolute atomic E-state index is 11.1. The molecule has 0 aliphatic rings. The van der Waals surface area contributed by atoms with Gasteiger partial charge in [-0.1, -0.05) is 0 Å². The number of aliphatic hydroxyl groups excluding tert-OH is 1. The number of nitrogens with two attached hydrogens (primary N) is 1. The number of sulfone groups is 1. The predicted octanol–water partition coefficient (Wildman–Crippen LogP) is 0.165. The first-order valence-corrected chi connectivity index (χ1v) is 5.53. The van der Waals surface area contributed by atoms with Gasteiger partial charge in [0.25, 0.3) is 0 Å². The highest BCUT2D eigenvalue weighted by atomic mass is 32.2. The summed E-state index contributed by atoms with van der Waals surface area (Å²) in [6, 6.07) is 4.27. The normalized spacial score (nSPS) is 11.5. The van der Waals surface area contributed by atoms with E-state index in [1.807, 2.05) is 0 Å². The third kappa shape index (κ3) is 2.19. The minimum atomic E-state index is -3.22. The van der Waals surface area contributed by atoms with E-state index in [2.05, 4.69) is 0 Å². The fourth-order valence-corrected chi connectivity index (χ4v) is 1.62. The predicted molar refractivity (Wildman–Crippen MR) is 49.9 cm³/mol. The lowest BCUT2D eigenvalue weighted by molar-refractivity contribution is 0.282. The first-order valence-electron chi connectivity index (χ1n) is 3.64. The number of benzene rings is 1. The first-order chi connectivity index (χ1) is 5.95. The van der Waals surface area contributed by atoms with Crippen molar-refractivity contribution in [3.05, 3.63) is 23.8 Å². The van der Waals surface area contributed by atoms with Crippen molar-refractivity contribution in [2.75, 3.05) is 12.0 Å². The molecule has 72 valence electrons. The minimum absolute atomic E-state index is 0.172. The molecule has 1 rings (SSSR count). The molecular formula is C8H11NO3S. The quantitative estimate of drug-likeness (QED) is 0.668. The van der Waals surface area contributed by atoms with E-state index < -0.39 is 9.84 Å². The average molecular weight is 201 g/mol. The molecule has 13 heavy (non-hydrogen) atoms. The molecule has 3 N–H and O–H groups in total. The number of anilines is 1. The second kappa shape index (κ2) is 3.35. The van der Waals surface area contributed by atoms with E-state index >= 15 is 0 Å². The largest absolute Gasteiger partial charge is 0.398 e. The zero-order valence-corrected chi connectivity index (χ0v) is 8.00. The molecule has 0 saturated carbocycles. The Balaban J connectivity index is 3.30. The van der Waals surface area contributed by atoms with Crippen LogP contribution in [0.4, 0.5) is 5.69 Å². The lowest BCUT2D eigenvalue weighted by Crippen LogP contribution is -2.01. The number of hydrogen-bond donors (Lipinski definition) is 2. The van der Waals surface area contributed by atoms with Crippen LogP contribution in [0, 0.1) is 0 Å². The van der Waals surface area contributed by atoms with Gasteiger partial charge in [0.2, 0.25) is 0 Å². The van der Waals surface area contributed by atoms with Crippen LogP contribution >= 0.6 is 0 Å². The highest BCUT2D eigenvalue weighted by Gasteiger charge is 2.08. The molecule has 1 aromatic carbocycles. The molecule has 0 aromatic heterocycles. The van der Waals surface area contributed by atoms with Crippen molar-refractivity contribution in [2.45, 2.75) is 11.5 Å². The topological polar surface area (TPSA) is 80.4 Å². The molecule has 1 aromatic rings. The molecule has 0 atom stereocenters. The van der Waals surface area contributed by atoms with Crippen LogP contribution in [0.15, 0.2) is 23.1 Å². The number of rotatable bonds is 2. The second-order valence-electron chi connectivity index (χ2n) is 2.79. The van der Waals surface area contributed by atoms with E-state index in [1.165, 1.54) is 18.2 Å². The van der Waals surface area contributed by atoms with Crippen LogP contribution in [-0.4, -0.2) is 19.8 Å². The van der Waals surface area contributed by atoms with Crippen molar-refractivity contribution in [1.29, 1.82) is 0 Å². The van der Waals surface area contributed by atoms with Gasteiger partial charge in [-0.3, -0.25) is 0 Å². The number of aliphatic hydroxyl groups is 1. The third-order valence-corrected chi connectivity index (χ3v) is 2.82. The van der Waals surface area contributed by atoms with Gasteiger partial charge < -0.3 is 10.8 Å². The monoisotopic (exact) mass is 201 g/mol. The standard InChI is InChI=1S/C8H11NO3S/c1-13(11,12)7-2-3-8(9)6(4-7)5-10/h2-4,10H,5,9H2,1H3. The van der Waals surface area contributed by atoms with Gasteiger partial charge in [0.15, 0.2) is 9.84 Å². The lowest BCUT2D eigenvalue weighted by atomic mass is 10.2. The molecule has 0 heterocycles. The summed E-state index contributed by atoms with van der Waals surface area (Å²) >= 11 is 0. The van der Waals surface area contributed by atoms with Gasteiger partial charge >= 0.3 is 0 Å². The Kier molecular flexibility index (Phi) is 2.58. The number of hydrogen-bond acceptors (Lipinski definition) is 4. The molecule has 0 spiro atoms. The van der Waals surface area contributed by atoms with E-state index in [0.29, 0.717) is 11.3 Å². The Labute approximate surface area is 76.9 Å². The molecule has 0 radical (unpaired) electrons. The second-order valence-corrected chi connectivity index (χ2v) is 4.81. The van der Waals surface area contributed by atoms with Crippen LogP contribution in [-0.2, 0) is 16.4 Å². The molecule has 0 aliphatic carbocycles. The number of nitrogen functional groups attached to an aromatic ring is 1. The zero-order chi connectivity index (χ0) is 10.1. The van der Waals surface area contributed by atoms with Crippen LogP contribution in [0.25, 0.3) is 0 Å². The fourth-order valence-electron chi connectivity index (χ4n) is 0.950. The summed E-state index contributed by atoms with van der Waals surface area (Å²) in [5.41, 5.74) is 6.32. The summed E-state index contributed by atoms with van der Waals surface area (Å²) in [7, 11) is -3.22. The summed E-state index contributed by atoms with van der Waals surface area (Å²) in [4.78, 5) is 0.172. The van der Waals surface area contributed by atoms with Crippen molar-refractivity contribution < 1.29 is 13.5 Å². The van der Waals surface area contributed by atoms with E-state index in [4.69, 9.17) is 10.8 Å². The Morgan fingerprint density at radius 3 is 2.54 bits per heavy atom. The molecule has 0 aliphatic heterocycles. The minimum Gasteiger partial charge on any atom is -0.398 e. The van der Waals surface area contributed by atoms with Crippen LogP contribution in [0.2, 0.25) is 0 Å². The van der Waals surface area contributed by atoms with Crippen molar-refractivity contribution in [3.8, 4) is 0 Å². The molecule has 0 amide bonds. The molecule has 0 bridgehead atoms. The maximum atomic E-state index is 11.1. The average Bonchev–Trinajstić information content (AvgIpc) is 2.03. The summed E-state index contributed by atoms with van der Waals surface area (Å²) < 4.78 is 22.2. The van der Waals surface area contributed by atoms with E-state index in [-0.39, 0.29) is 11.5 Å². The van der Waals surface area contributed by atoms with Crippen LogP contribution in [0.5, 0.6) is 0 Å². The van der Waals surface area contributed by atoms with Crippen molar-refractivity contribution in [3.63, 3.8) is 0 Å². The summed E-state index contributed by atoms with van der Waals surface area (Å²) in [5, 5.41) is 8.83. The lowest BCUT2D eigenvalue weighted by Gasteiger charge is -2.04. The zero-order valence-electron chi connectivity index (χ0n) is 7.19. The molecule has 0 unspecified atom stereocenters. The van der Waals surface area contributed by atoms with Gasteiger partial charge in [-0.25, -0.2) is 8.42 Å². The molecule has 0 saturated heterocycles. The highest BCUT2D eigenvalue weighted by molar-refractivity contribution is 7.90. The Morgan fingerprint density at radius 1 is 1.46 bits per heavy atom. The SMILES string of the molecule is CS(=O)(=O)c1ccc(N)c(CO)c1. The van der Waals surface area contributed by atoms with Crippen LogP contribution in [0.1, 0.15) is 5.56 Å². The van der Waals surface area contributed by atoms with Crippen molar-refractivity contribution in [1.82, 2.24) is 0 Å². The third-order valence-electron chi connectivity index (χ3n) is 1.71. The van der Waals surface area contributed by atoms with Crippen LogP contribution in [0.3, 0.4) is 0 Å². The van der Waals surface area contributed by atoms with Crippen molar-refractivity contribution in [2.24, 2.45) is 0 Å². The summed E-state index contributed by atoms with van der Waals surface area (Å²) in [6.45, 7) is -0.255.